The topological polar surface area (TPSA) is 50.2 Å². The number of anilines is 1. The first kappa shape index (κ1) is 17.7. The molecule has 0 aliphatic carbocycles. The van der Waals surface area contributed by atoms with Crippen LogP contribution in [0.4, 0.5) is 10.3 Å². The van der Waals surface area contributed by atoms with Gasteiger partial charge in [-0.05, 0) is 55.8 Å². The molecule has 0 bridgehead atoms. The molecular formula is C21H23FN4O. The minimum atomic E-state index is -0.344. The highest BCUT2D eigenvalue weighted by atomic mass is 19.1. The van der Waals surface area contributed by atoms with Crippen molar-refractivity contribution >= 4 is 22.9 Å². The fourth-order valence-corrected chi connectivity index (χ4v) is 3.65. The average Bonchev–Trinajstić information content (AvgIpc) is 2.97. The van der Waals surface area contributed by atoms with Crippen molar-refractivity contribution < 1.29 is 9.18 Å². The molecule has 0 spiro atoms. The van der Waals surface area contributed by atoms with Crippen LogP contribution in [0.2, 0.25) is 0 Å². The van der Waals surface area contributed by atoms with Crippen LogP contribution < -0.4 is 5.32 Å². The molecule has 0 atom stereocenters. The summed E-state index contributed by atoms with van der Waals surface area (Å²) in [6.07, 6.45) is 3.79. The van der Waals surface area contributed by atoms with Gasteiger partial charge in [0.25, 0.3) is 5.91 Å². The molecule has 5 nitrogen and oxygen atoms in total. The van der Waals surface area contributed by atoms with Crippen LogP contribution in [-0.2, 0) is 13.6 Å². The lowest BCUT2D eigenvalue weighted by Gasteiger charge is -2.26. The number of carbonyl (C=O) groups excluding carboxylic acids is 1. The van der Waals surface area contributed by atoms with E-state index >= 15 is 0 Å². The number of likely N-dealkylation sites (tertiary alicyclic amines) is 1. The molecular weight excluding hydrogens is 343 g/mol. The van der Waals surface area contributed by atoms with Gasteiger partial charge in [0.15, 0.2) is 0 Å². The first-order valence-electron chi connectivity index (χ1n) is 9.35. The molecule has 6 heteroatoms. The third-order valence-electron chi connectivity index (χ3n) is 5.11. The van der Waals surface area contributed by atoms with Gasteiger partial charge in [0, 0.05) is 25.2 Å². The summed E-state index contributed by atoms with van der Waals surface area (Å²) in [6.45, 7) is 3.10. The largest absolute Gasteiger partial charge is 0.313 e. The summed E-state index contributed by atoms with van der Waals surface area (Å²) in [5.74, 6) is -0.153. The molecule has 2 aromatic carbocycles. The minimum Gasteiger partial charge on any atom is -0.313 e. The van der Waals surface area contributed by atoms with Crippen LogP contribution in [-0.4, -0.2) is 33.4 Å². The number of nitrogens with zero attached hydrogens (tertiary/aromatic N) is 3. The summed E-state index contributed by atoms with van der Waals surface area (Å²) in [5.41, 5.74) is 3.02. The molecule has 0 unspecified atom stereocenters. The second-order valence-electron chi connectivity index (χ2n) is 7.12. The van der Waals surface area contributed by atoms with Gasteiger partial charge in [-0.2, -0.15) is 0 Å². The maximum Gasteiger partial charge on any atom is 0.257 e. The first-order chi connectivity index (χ1) is 13.1. The average molecular weight is 366 g/mol. The Morgan fingerprint density at radius 1 is 1.15 bits per heavy atom. The number of imidazole rings is 1. The normalized spacial score (nSPS) is 15.2. The van der Waals surface area contributed by atoms with E-state index in [1.165, 1.54) is 31.4 Å². The molecule has 27 heavy (non-hydrogen) atoms. The van der Waals surface area contributed by atoms with E-state index in [-0.39, 0.29) is 11.7 Å². The Kier molecular flexibility index (Phi) is 4.90. The van der Waals surface area contributed by atoms with E-state index in [1.54, 1.807) is 23.7 Å². The van der Waals surface area contributed by atoms with Gasteiger partial charge < -0.3 is 4.57 Å². The van der Waals surface area contributed by atoms with Gasteiger partial charge in [0.05, 0.1) is 11.0 Å². The Morgan fingerprint density at radius 2 is 1.96 bits per heavy atom. The van der Waals surface area contributed by atoms with E-state index in [2.05, 4.69) is 21.3 Å². The van der Waals surface area contributed by atoms with Crippen LogP contribution in [0.25, 0.3) is 11.0 Å². The van der Waals surface area contributed by atoms with E-state index in [0.717, 1.165) is 30.7 Å². The number of hydrogen-bond acceptors (Lipinski definition) is 3. The van der Waals surface area contributed by atoms with Crippen molar-refractivity contribution in [1.82, 2.24) is 14.5 Å². The maximum atomic E-state index is 13.4. The summed E-state index contributed by atoms with van der Waals surface area (Å²) in [7, 11) is 1.80. The molecule has 3 aromatic rings. The van der Waals surface area contributed by atoms with E-state index in [9.17, 15) is 9.18 Å². The number of aryl methyl sites for hydroxylation is 1. The predicted octanol–water partition coefficient (Wildman–Crippen LogP) is 3.95. The number of aromatic nitrogens is 2. The van der Waals surface area contributed by atoms with Crippen molar-refractivity contribution in [3.63, 3.8) is 0 Å². The quantitative estimate of drug-likeness (QED) is 0.761. The number of amides is 1. The molecule has 0 radical (unpaired) electrons. The fourth-order valence-electron chi connectivity index (χ4n) is 3.65. The molecule has 1 N–H and O–H groups in total. The summed E-state index contributed by atoms with van der Waals surface area (Å²) < 4.78 is 15.2. The lowest BCUT2D eigenvalue weighted by atomic mass is 10.1. The first-order valence-corrected chi connectivity index (χ1v) is 9.35. The molecule has 1 saturated heterocycles. The summed E-state index contributed by atoms with van der Waals surface area (Å²) in [6, 6.07) is 12.1. The van der Waals surface area contributed by atoms with Crippen LogP contribution in [0, 0.1) is 5.82 Å². The van der Waals surface area contributed by atoms with Crippen LogP contribution in [0.3, 0.4) is 0 Å². The van der Waals surface area contributed by atoms with Gasteiger partial charge in [0.2, 0.25) is 5.95 Å². The number of halogens is 1. The zero-order chi connectivity index (χ0) is 18.8. The Morgan fingerprint density at radius 3 is 2.78 bits per heavy atom. The second-order valence-corrected chi connectivity index (χ2v) is 7.12. The molecule has 1 aliphatic rings. The lowest BCUT2D eigenvalue weighted by molar-refractivity contribution is 0.102. The van der Waals surface area contributed by atoms with E-state index in [4.69, 9.17) is 0 Å². The third-order valence-corrected chi connectivity index (χ3v) is 5.11. The molecule has 1 fully saturated rings. The maximum absolute atomic E-state index is 13.4. The fraction of sp³-hybridized carbons (Fsp3) is 0.333. The Labute approximate surface area is 157 Å². The van der Waals surface area contributed by atoms with Crippen LogP contribution in [0.1, 0.15) is 35.2 Å². The number of rotatable bonds is 4. The highest BCUT2D eigenvalue weighted by molar-refractivity contribution is 6.04. The highest BCUT2D eigenvalue weighted by Gasteiger charge is 2.15. The van der Waals surface area contributed by atoms with Gasteiger partial charge >= 0.3 is 0 Å². The second kappa shape index (κ2) is 7.48. The van der Waals surface area contributed by atoms with Crippen molar-refractivity contribution in [1.29, 1.82) is 0 Å². The van der Waals surface area contributed by atoms with Crippen LogP contribution in [0.5, 0.6) is 0 Å². The smallest absolute Gasteiger partial charge is 0.257 e. The van der Waals surface area contributed by atoms with Gasteiger partial charge in [-0.1, -0.05) is 18.6 Å². The van der Waals surface area contributed by atoms with Gasteiger partial charge in [-0.15, -0.1) is 0 Å². The molecule has 140 valence electrons. The SMILES string of the molecule is Cn1c(NC(=O)c2cccc(CN3CCCCC3)c2)nc2cc(F)ccc21. The third kappa shape index (κ3) is 3.85. The molecule has 1 aliphatic heterocycles. The van der Waals surface area contributed by atoms with E-state index < -0.39 is 0 Å². The summed E-state index contributed by atoms with van der Waals surface area (Å²) >= 11 is 0. The summed E-state index contributed by atoms with van der Waals surface area (Å²) in [5, 5.41) is 2.84. The number of nitrogens with one attached hydrogen (secondary N) is 1. The van der Waals surface area contributed by atoms with Gasteiger partial charge in [0.1, 0.15) is 5.82 Å². The monoisotopic (exact) mass is 366 g/mol. The van der Waals surface area contributed by atoms with Crippen LogP contribution >= 0.6 is 0 Å². The van der Waals surface area contributed by atoms with Gasteiger partial charge in [-0.3, -0.25) is 15.0 Å². The zero-order valence-corrected chi connectivity index (χ0v) is 15.4. The Hall–Kier alpha value is -2.73. The number of benzene rings is 2. The Bertz CT molecular complexity index is 975. The van der Waals surface area contributed by atoms with Crippen molar-refractivity contribution in [2.75, 3.05) is 18.4 Å². The molecule has 1 amide bonds. The van der Waals surface area contributed by atoms with Crippen LogP contribution in [0.15, 0.2) is 42.5 Å². The van der Waals surface area contributed by atoms with Crippen molar-refractivity contribution in [3.05, 3.63) is 59.4 Å². The predicted molar refractivity (Wildman–Crippen MR) is 104 cm³/mol. The molecule has 1 aromatic heterocycles. The number of fused-ring (bicyclic) bond motifs is 1. The van der Waals surface area contributed by atoms with E-state index in [1.807, 2.05) is 12.1 Å². The Balaban J connectivity index is 1.51. The van der Waals surface area contributed by atoms with Gasteiger partial charge in [-0.25, -0.2) is 9.37 Å². The standard InChI is InChI=1S/C21H23FN4O/c1-25-19-9-8-17(22)13-18(19)23-21(25)24-20(27)16-7-5-6-15(12-16)14-26-10-3-2-4-11-26/h5-9,12-13H,2-4,10-11,14H2,1H3,(H,23,24,27). The molecule has 2 heterocycles. The molecule has 0 saturated carbocycles. The number of carbonyl (C=O) groups is 1. The number of hydrogen-bond donors (Lipinski definition) is 1. The van der Waals surface area contributed by atoms with Crippen molar-refractivity contribution in [2.45, 2.75) is 25.8 Å². The number of piperidine rings is 1. The van der Waals surface area contributed by atoms with Crippen molar-refractivity contribution in [3.8, 4) is 0 Å². The summed E-state index contributed by atoms with van der Waals surface area (Å²) in [4.78, 5) is 19.5. The lowest BCUT2D eigenvalue weighted by Crippen LogP contribution is -2.29. The zero-order valence-electron chi connectivity index (χ0n) is 15.4. The van der Waals surface area contributed by atoms with Crippen molar-refractivity contribution in [2.24, 2.45) is 7.05 Å². The van der Waals surface area contributed by atoms with E-state index in [0.29, 0.717) is 17.0 Å². The molecule has 4 rings (SSSR count). The highest BCUT2D eigenvalue weighted by Crippen LogP contribution is 2.20. The minimum absolute atomic E-state index is 0.214.